The van der Waals surface area contributed by atoms with Gasteiger partial charge in [0.15, 0.2) is 0 Å². The minimum atomic E-state index is -0.0241. The lowest BCUT2D eigenvalue weighted by Crippen LogP contribution is -2.48. The summed E-state index contributed by atoms with van der Waals surface area (Å²) >= 11 is 6.10. The van der Waals surface area contributed by atoms with Gasteiger partial charge in [0.1, 0.15) is 11.4 Å². The fourth-order valence-electron chi connectivity index (χ4n) is 3.65. The molecule has 7 heteroatoms. The number of carbonyl (C=O) groups is 1. The molecule has 0 atom stereocenters. The van der Waals surface area contributed by atoms with Crippen LogP contribution < -0.4 is 9.64 Å². The van der Waals surface area contributed by atoms with Crippen molar-refractivity contribution < 1.29 is 9.53 Å². The van der Waals surface area contributed by atoms with Crippen LogP contribution in [0, 0.1) is 0 Å². The quantitative estimate of drug-likeness (QED) is 0.534. The molecule has 0 saturated carbocycles. The highest BCUT2D eigenvalue weighted by atomic mass is 35.5. The smallest absolute Gasteiger partial charge is 0.272 e. The lowest BCUT2D eigenvalue weighted by atomic mass is 10.1. The first-order chi connectivity index (χ1) is 15.1. The molecule has 1 N–H and O–H groups in total. The molecular weight excluding hydrogens is 412 g/mol. The van der Waals surface area contributed by atoms with Crippen molar-refractivity contribution in [2.75, 3.05) is 37.7 Å². The van der Waals surface area contributed by atoms with Gasteiger partial charge in [0, 0.05) is 42.5 Å². The van der Waals surface area contributed by atoms with Crippen molar-refractivity contribution in [1.29, 1.82) is 0 Å². The Kier molecular flexibility index (Phi) is 6.77. The molecule has 6 nitrogen and oxygen atoms in total. The van der Waals surface area contributed by atoms with Crippen molar-refractivity contribution in [3.8, 4) is 17.0 Å². The molecule has 4 rings (SSSR count). The number of halogens is 1. The molecule has 2 heterocycles. The van der Waals surface area contributed by atoms with Gasteiger partial charge >= 0.3 is 0 Å². The fraction of sp³-hybridized carbons (Fsp3) is 0.333. The first-order valence-corrected chi connectivity index (χ1v) is 11.1. The number of anilines is 1. The molecule has 2 aromatic carbocycles. The summed E-state index contributed by atoms with van der Waals surface area (Å²) in [5.41, 5.74) is 3.30. The number of unbranched alkanes of at least 4 members (excludes halogenated alkanes) is 1. The largest absolute Gasteiger partial charge is 0.494 e. The van der Waals surface area contributed by atoms with Gasteiger partial charge in [-0.2, -0.15) is 5.10 Å². The van der Waals surface area contributed by atoms with Crippen LogP contribution in [-0.2, 0) is 0 Å². The summed E-state index contributed by atoms with van der Waals surface area (Å²) < 4.78 is 5.71. The van der Waals surface area contributed by atoms with Gasteiger partial charge in [0.2, 0.25) is 0 Å². The van der Waals surface area contributed by atoms with Gasteiger partial charge in [-0.15, -0.1) is 0 Å². The highest BCUT2D eigenvalue weighted by Gasteiger charge is 2.24. The zero-order chi connectivity index (χ0) is 21.6. The van der Waals surface area contributed by atoms with Crippen LogP contribution in [0.25, 0.3) is 11.3 Å². The van der Waals surface area contributed by atoms with Crippen molar-refractivity contribution >= 4 is 23.2 Å². The Bertz CT molecular complexity index is 1010. The number of amides is 1. The molecule has 0 spiro atoms. The van der Waals surface area contributed by atoms with E-state index in [1.807, 2.05) is 59.5 Å². The van der Waals surface area contributed by atoms with Gasteiger partial charge < -0.3 is 14.5 Å². The van der Waals surface area contributed by atoms with Crippen LogP contribution in [0.5, 0.6) is 5.75 Å². The third kappa shape index (κ3) is 5.20. The molecule has 1 fully saturated rings. The lowest BCUT2D eigenvalue weighted by molar-refractivity contribution is 0.0741. The van der Waals surface area contributed by atoms with E-state index >= 15 is 0 Å². The normalized spacial score (nSPS) is 14.0. The number of hydrogen-bond acceptors (Lipinski definition) is 4. The van der Waals surface area contributed by atoms with E-state index in [1.54, 1.807) is 0 Å². The Morgan fingerprint density at radius 1 is 1.10 bits per heavy atom. The maximum absolute atomic E-state index is 12.9. The molecule has 0 radical (unpaired) electrons. The van der Waals surface area contributed by atoms with E-state index in [2.05, 4.69) is 22.0 Å². The van der Waals surface area contributed by atoms with Crippen LogP contribution in [0.4, 0.5) is 5.69 Å². The Morgan fingerprint density at radius 3 is 2.58 bits per heavy atom. The van der Waals surface area contributed by atoms with E-state index in [1.165, 1.54) is 0 Å². The van der Waals surface area contributed by atoms with E-state index < -0.39 is 0 Å². The predicted octanol–water partition coefficient (Wildman–Crippen LogP) is 4.87. The van der Waals surface area contributed by atoms with Gasteiger partial charge in [-0.05, 0) is 55.0 Å². The average molecular weight is 439 g/mol. The van der Waals surface area contributed by atoms with Crippen molar-refractivity contribution in [3.05, 3.63) is 65.3 Å². The number of hydrogen-bond donors (Lipinski definition) is 1. The van der Waals surface area contributed by atoms with E-state index in [0.717, 1.165) is 60.3 Å². The molecule has 1 saturated heterocycles. The molecule has 0 unspecified atom stereocenters. The summed E-state index contributed by atoms with van der Waals surface area (Å²) in [6.07, 6.45) is 2.15. The maximum Gasteiger partial charge on any atom is 0.272 e. The number of piperazine rings is 1. The molecule has 31 heavy (non-hydrogen) atoms. The molecule has 1 aliphatic heterocycles. The first-order valence-electron chi connectivity index (χ1n) is 10.7. The van der Waals surface area contributed by atoms with Crippen molar-refractivity contribution in [1.82, 2.24) is 15.1 Å². The van der Waals surface area contributed by atoms with Crippen LogP contribution >= 0.6 is 11.6 Å². The number of carbonyl (C=O) groups excluding carboxylic acids is 1. The summed E-state index contributed by atoms with van der Waals surface area (Å²) in [6, 6.07) is 17.5. The number of nitrogens with zero attached hydrogens (tertiary/aromatic N) is 3. The van der Waals surface area contributed by atoms with Crippen LogP contribution in [-0.4, -0.2) is 53.8 Å². The first kappa shape index (κ1) is 21.2. The predicted molar refractivity (Wildman–Crippen MR) is 124 cm³/mol. The Morgan fingerprint density at radius 2 is 1.87 bits per heavy atom. The zero-order valence-electron chi connectivity index (χ0n) is 17.7. The van der Waals surface area contributed by atoms with E-state index in [0.29, 0.717) is 18.8 Å². The van der Waals surface area contributed by atoms with Crippen molar-refractivity contribution in [3.63, 3.8) is 0 Å². The van der Waals surface area contributed by atoms with Gasteiger partial charge in [0.25, 0.3) is 5.91 Å². The number of nitrogens with one attached hydrogen (secondary N) is 1. The highest BCUT2D eigenvalue weighted by Crippen LogP contribution is 2.23. The molecule has 0 aliphatic carbocycles. The van der Waals surface area contributed by atoms with Crippen LogP contribution in [0.1, 0.15) is 30.3 Å². The number of aromatic nitrogens is 2. The Labute approximate surface area is 187 Å². The SMILES string of the molecule is CCCCOc1ccc(-c2cc(C(=O)N3CCN(c4cccc(Cl)c4)CC3)[nH]n2)cc1. The van der Waals surface area contributed by atoms with Crippen molar-refractivity contribution in [2.24, 2.45) is 0 Å². The number of rotatable bonds is 7. The molecule has 0 bridgehead atoms. The summed E-state index contributed by atoms with van der Waals surface area (Å²) in [5.74, 6) is 0.825. The standard InChI is InChI=1S/C24H27ClN4O2/c1-2-3-15-31-21-9-7-18(8-10-21)22-17-23(27-26-22)24(30)29-13-11-28(12-14-29)20-6-4-5-19(25)16-20/h4-10,16-17H,2-3,11-15H2,1H3,(H,26,27). The van der Waals surface area contributed by atoms with E-state index in [-0.39, 0.29) is 5.91 Å². The molecular formula is C24H27ClN4O2. The summed E-state index contributed by atoms with van der Waals surface area (Å²) in [7, 11) is 0. The third-order valence-electron chi connectivity index (χ3n) is 5.47. The van der Waals surface area contributed by atoms with Crippen LogP contribution in [0.3, 0.4) is 0 Å². The van der Waals surface area contributed by atoms with Gasteiger partial charge in [0.05, 0.1) is 12.3 Å². The van der Waals surface area contributed by atoms with Gasteiger partial charge in [-0.1, -0.05) is 31.0 Å². The lowest BCUT2D eigenvalue weighted by Gasteiger charge is -2.36. The Balaban J connectivity index is 1.35. The molecule has 3 aromatic rings. The summed E-state index contributed by atoms with van der Waals surface area (Å²) in [6.45, 7) is 5.72. The monoisotopic (exact) mass is 438 g/mol. The topological polar surface area (TPSA) is 61.5 Å². The second-order valence-corrected chi connectivity index (χ2v) is 8.09. The number of H-pyrrole nitrogens is 1. The Hall–Kier alpha value is -2.99. The van der Waals surface area contributed by atoms with E-state index in [4.69, 9.17) is 16.3 Å². The summed E-state index contributed by atoms with van der Waals surface area (Å²) in [4.78, 5) is 17.0. The molecule has 1 amide bonds. The van der Waals surface area contributed by atoms with Gasteiger partial charge in [-0.3, -0.25) is 9.89 Å². The zero-order valence-corrected chi connectivity index (χ0v) is 18.4. The number of aromatic amines is 1. The number of ether oxygens (including phenoxy) is 1. The van der Waals surface area contributed by atoms with Crippen LogP contribution in [0.2, 0.25) is 5.02 Å². The minimum Gasteiger partial charge on any atom is -0.494 e. The molecule has 1 aromatic heterocycles. The average Bonchev–Trinajstić information content (AvgIpc) is 3.30. The fourth-order valence-corrected chi connectivity index (χ4v) is 3.83. The van der Waals surface area contributed by atoms with Gasteiger partial charge in [-0.25, -0.2) is 0 Å². The molecule has 1 aliphatic rings. The second kappa shape index (κ2) is 9.88. The highest BCUT2D eigenvalue weighted by molar-refractivity contribution is 6.30. The van der Waals surface area contributed by atoms with E-state index in [9.17, 15) is 4.79 Å². The van der Waals surface area contributed by atoms with Crippen LogP contribution in [0.15, 0.2) is 54.6 Å². The summed E-state index contributed by atoms with van der Waals surface area (Å²) in [5, 5.41) is 7.97. The minimum absolute atomic E-state index is 0.0241. The van der Waals surface area contributed by atoms with Crippen molar-refractivity contribution in [2.45, 2.75) is 19.8 Å². The second-order valence-electron chi connectivity index (χ2n) is 7.65. The third-order valence-corrected chi connectivity index (χ3v) is 5.70. The number of benzene rings is 2. The molecule has 162 valence electrons. The maximum atomic E-state index is 12.9.